The minimum Gasteiger partial charge on any atom is -0.354 e. The summed E-state index contributed by atoms with van der Waals surface area (Å²) in [7, 11) is 3.07. The molecular weight excluding hydrogens is 354 g/mol. The maximum Gasteiger partial charge on any atom is 0.252 e. The van der Waals surface area contributed by atoms with Gasteiger partial charge >= 0.3 is 0 Å². The standard InChI is InChI=1S/C22H25N3O3/c1-14-9-10-15(2)19(11-14)25-20-12-17(16-7-5-6-8-18(16)24-20)22(26)23-13-21(27-3)28-4/h5-12,21H,13H2,1-4H3,(H,23,26)(H,24,25). The topological polar surface area (TPSA) is 72.5 Å². The fourth-order valence-electron chi connectivity index (χ4n) is 2.97. The molecule has 0 fully saturated rings. The lowest BCUT2D eigenvalue weighted by molar-refractivity contribution is -0.0974. The van der Waals surface area contributed by atoms with Crippen LogP contribution in [-0.2, 0) is 9.47 Å². The van der Waals surface area contributed by atoms with Crippen LogP contribution in [0, 0.1) is 13.8 Å². The van der Waals surface area contributed by atoms with E-state index >= 15 is 0 Å². The van der Waals surface area contributed by atoms with E-state index in [1.165, 1.54) is 14.2 Å². The number of methoxy groups -OCH3 is 2. The zero-order chi connectivity index (χ0) is 20.1. The largest absolute Gasteiger partial charge is 0.354 e. The Hall–Kier alpha value is -2.96. The number of benzene rings is 2. The molecule has 1 amide bonds. The highest BCUT2D eigenvalue weighted by Gasteiger charge is 2.15. The number of rotatable bonds is 7. The molecule has 28 heavy (non-hydrogen) atoms. The Kier molecular flexibility index (Phi) is 6.23. The molecule has 0 bridgehead atoms. The van der Waals surface area contributed by atoms with E-state index in [0.29, 0.717) is 11.4 Å². The molecule has 2 aromatic carbocycles. The Morgan fingerprint density at radius 1 is 1.07 bits per heavy atom. The number of carbonyl (C=O) groups is 1. The molecule has 0 unspecified atom stereocenters. The lowest BCUT2D eigenvalue weighted by Gasteiger charge is -2.16. The monoisotopic (exact) mass is 379 g/mol. The molecule has 0 atom stereocenters. The van der Waals surface area contributed by atoms with Crippen LogP contribution >= 0.6 is 0 Å². The lowest BCUT2D eigenvalue weighted by atomic mass is 10.1. The Morgan fingerprint density at radius 2 is 1.82 bits per heavy atom. The molecule has 0 saturated carbocycles. The number of fused-ring (bicyclic) bond motifs is 1. The van der Waals surface area contributed by atoms with Crippen molar-refractivity contribution < 1.29 is 14.3 Å². The number of para-hydroxylation sites is 1. The van der Waals surface area contributed by atoms with E-state index in [-0.39, 0.29) is 12.5 Å². The predicted octanol–water partition coefficient (Wildman–Crippen LogP) is 3.94. The lowest BCUT2D eigenvalue weighted by Crippen LogP contribution is -2.34. The molecule has 3 rings (SSSR count). The van der Waals surface area contributed by atoms with Gasteiger partial charge in [-0.05, 0) is 43.2 Å². The van der Waals surface area contributed by atoms with Crippen LogP contribution in [0.1, 0.15) is 21.5 Å². The average Bonchev–Trinajstić information content (AvgIpc) is 2.70. The highest BCUT2D eigenvalue weighted by atomic mass is 16.7. The number of ether oxygens (including phenoxy) is 2. The number of nitrogens with zero attached hydrogens (tertiary/aromatic N) is 1. The first-order valence-corrected chi connectivity index (χ1v) is 9.09. The normalized spacial score (nSPS) is 11.0. The zero-order valence-corrected chi connectivity index (χ0v) is 16.6. The molecule has 1 aromatic heterocycles. The number of pyridine rings is 1. The Bertz CT molecular complexity index is 984. The Morgan fingerprint density at radius 3 is 2.57 bits per heavy atom. The Balaban J connectivity index is 1.95. The second kappa shape index (κ2) is 8.82. The number of anilines is 2. The SMILES string of the molecule is COC(CNC(=O)c1cc(Nc2cc(C)ccc2C)nc2ccccc12)OC. The van der Waals surface area contributed by atoms with Crippen molar-refractivity contribution in [2.24, 2.45) is 0 Å². The summed E-state index contributed by atoms with van der Waals surface area (Å²) in [5.74, 6) is 0.411. The fourth-order valence-corrected chi connectivity index (χ4v) is 2.97. The van der Waals surface area contributed by atoms with Gasteiger partial charge in [0.25, 0.3) is 5.91 Å². The van der Waals surface area contributed by atoms with E-state index in [0.717, 1.165) is 27.7 Å². The molecule has 3 aromatic rings. The Labute approximate surface area is 164 Å². The van der Waals surface area contributed by atoms with Crippen molar-refractivity contribution in [1.82, 2.24) is 10.3 Å². The minimum absolute atomic E-state index is 0.207. The molecule has 0 aliphatic carbocycles. The first kappa shape index (κ1) is 19.8. The van der Waals surface area contributed by atoms with E-state index in [1.807, 2.05) is 38.1 Å². The van der Waals surface area contributed by atoms with Crippen molar-refractivity contribution in [3.63, 3.8) is 0 Å². The van der Waals surface area contributed by atoms with Crippen LogP contribution in [0.5, 0.6) is 0 Å². The van der Waals surface area contributed by atoms with Crippen LogP contribution < -0.4 is 10.6 Å². The van der Waals surface area contributed by atoms with Gasteiger partial charge in [0.15, 0.2) is 6.29 Å². The number of aryl methyl sites for hydroxylation is 2. The van der Waals surface area contributed by atoms with Crippen LogP contribution in [0.25, 0.3) is 10.9 Å². The van der Waals surface area contributed by atoms with Gasteiger partial charge in [-0.2, -0.15) is 0 Å². The highest BCUT2D eigenvalue weighted by Crippen LogP contribution is 2.25. The summed E-state index contributed by atoms with van der Waals surface area (Å²) >= 11 is 0. The number of carbonyl (C=O) groups excluding carboxylic acids is 1. The van der Waals surface area contributed by atoms with Crippen LogP contribution in [-0.4, -0.2) is 37.9 Å². The summed E-state index contributed by atoms with van der Waals surface area (Å²) in [5, 5.41) is 7.00. The summed E-state index contributed by atoms with van der Waals surface area (Å²) in [6.07, 6.45) is -0.496. The molecule has 6 heteroatoms. The minimum atomic E-state index is -0.496. The predicted molar refractivity (Wildman–Crippen MR) is 111 cm³/mol. The average molecular weight is 379 g/mol. The van der Waals surface area contributed by atoms with Crippen LogP contribution in [0.2, 0.25) is 0 Å². The first-order valence-electron chi connectivity index (χ1n) is 9.09. The second-order valence-electron chi connectivity index (χ2n) is 6.63. The van der Waals surface area contributed by atoms with Gasteiger partial charge in [0.05, 0.1) is 17.6 Å². The van der Waals surface area contributed by atoms with E-state index in [2.05, 4.69) is 33.8 Å². The van der Waals surface area contributed by atoms with Crippen LogP contribution in [0.3, 0.4) is 0 Å². The van der Waals surface area contributed by atoms with E-state index in [1.54, 1.807) is 6.07 Å². The van der Waals surface area contributed by atoms with E-state index in [4.69, 9.17) is 9.47 Å². The summed E-state index contributed by atoms with van der Waals surface area (Å²) in [5.41, 5.74) is 4.52. The molecule has 1 heterocycles. The van der Waals surface area contributed by atoms with Crippen molar-refractivity contribution in [3.05, 3.63) is 65.2 Å². The maximum absolute atomic E-state index is 12.8. The van der Waals surface area contributed by atoms with E-state index in [9.17, 15) is 4.79 Å². The van der Waals surface area contributed by atoms with Gasteiger partial charge in [0.1, 0.15) is 5.82 Å². The quantitative estimate of drug-likeness (QED) is 0.608. The van der Waals surface area contributed by atoms with Crippen molar-refractivity contribution in [3.8, 4) is 0 Å². The fraction of sp³-hybridized carbons (Fsp3) is 0.273. The van der Waals surface area contributed by atoms with Gasteiger partial charge in [-0.3, -0.25) is 4.79 Å². The van der Waals surface area contributed by atoms with Crippen LogP contribution in [0.15, 0.2) is 48.5 Å². The van der Waals surface area contributed by atoms with Crippen molar-refractivity contribution >= 4 is 28.3 Å². The number of aromatic nitrogens is 1. The highest BCUT2D eigenvalue weighted by molar-refractivity contribution is 6.07. The smallest absolute Gasteiger partial charge is 0.252 e. The molecule has 0 saturated heterocycles. The summed E-state index contributed by atoms with van der Waals surface area (Å²) in [4.78, 5) is 17.5. The van der Waals surface area contributed by atoms with Gasteiger partial charge in [-0.25, -0.2) is 4.98 Å². The summed E-state index contributed by atoms with van der Waals surface area (Å²) in [6, 6.07) is 15.5. The van der Waals surface area contributed by atoms with E-state index < -0.39 is 6.29 Å². The van der Waals surface area contributed by atoms with Gasteiger partial charge in [0.2, 0.25) is 0 Å². The molecule has 6 nitrogen and oxygen atoms in total. The third-order valence-corrected chi connectivity index (χ3v) is 4.57. The van der Waals surface area contributed by atoms with Gasteiger partial charge in [0, 0.05) is 25.3 Å². The molecule has 2 N–H and O–H groups in total. The molecule has 0 aliphatic heterocycles. The third kappa shape index (κ3) is 4.47. The number of nitrogens with one attached hydrogen (secondary N) is 2. The number of hydrogen-bond acceptors (Lipinski definition) is 5. The first-order chi connectivity index (χ1) is 13.5. The number of hydrogen-bond donors (Lipinski definition) is 2. The van der Waals surface area contributed by atoms with Crippen molar-refractivity contribution in [1.29, 1.82) is 0 Å². The maximum atomic E-state index is 12.8. The second-order valence-corrected chi connectivity index (χ2v) is 6.63. The third-order valence-electron chi connectivity index (χ3n) is 4.57. The molecule has 0 spiro atoms. The van der Waals surface area contributed by atoms with Gasteiger partial charge in [-0.15, -0.1) is 0 Å². The molecule has 0 aliphatic rings. The number of amides is 1. The van der Waals surface area contributed by atoms with Crippen molar-refractivity contribution in [2.75, 3.05) is 26.1 Å². The van der Waals surface area contributed by atoms with Crippen LogP contribution in [0.4, 0.5) is 11.5 Å². The molecular formula is C22H25N3O3. The summed E-state index contributed by atoms with van der Waals surface area (Å²) < 4.78 is 10.3. The zero-order valence-electron chi connectivity index (χ0n) is 16.6. The summed E-state index contributed by atoms with van der Waals surface area (Å²) in [6.45, 7) is 4.33. The van der Waals surface area contributed by atoms with Gasteiger partial charge in [-0.1, -0.05) is 30.3 Å². The van der Waals surface area contributed by atoms with Crippen molar-refractivity contribution in [2.45, 2.75) is 20.1 Å². The van der Waals surface area contributed by atoms with Gasteiger partial charge < -0.3 is 20.1 Å². The molecule has 0 radical (unpaired) electrons. The molecule has 146 valence electrons.